The first-order valence-electron chi connectivity index (χ1n) is 5.71. The molecule has 2 N–H and O–H groups in total. The number of pyridine rings is 1. The Morgan fingerprint density at radius 2 is 2.44 bits per heavy atom. The van der Waals surface area contributed by atoms with Gasteiger partial charge in [-0.2, -0.15) is 0 Å². The molecule has 1 aromatic rings. The summed E-state index contributed by atoms with van der Waals surface area (Å²) in [5.41, 5.74) is 0.862. The molecule has 88 valence electrons. The molecule has 0 saturated carbocycles. The van der Waals surface area contributed by atoms with Crippen LogP contribution in [0.3, 0.4) is 0 Å². The predicted octanol–water partition coefficient (Wildman–Crippen LogP) is 0.954. The Labute approximate surface area is 95.5 Å². The number of hydrogen-bond donors (Lipinski definition) is 2. The van der Waals surface area contributed by atoms with Crippen molar-refractivity contribution in [3.8, 4) is 0 Å². The normalized spacial score (nSPS) is 22.4. The molecule has 2 unspecified atom stereocenters. The average molecular weight is 222 g/mol. The van der Waals surface area contributed by atoms with E-state index in [4.69, 9.17) is 5.11 Å². The first-order chi connectivity index (χ1) is 7.72. The van der Waals surface area contributed by atoms with E-state index in [0.29, 0.717) is 5.92 Å². The Morgan fingerprint density at radius 3 is 3.06 bits per heavy atom. The van der Waals surface area contributed by atoms with E-state index < -0.39 is 6.10 Å². The molecule has 16 heavy (non-hydrogen) atoms. The van der Waals surface area contributed by atoms with Crippen LogP contribution in [0.1, 0.15) is 25.0 Å². The van der Waals surface area contributed by atoms with E-state index in [2.05, 4.69) is 9.88 Å². The summed E-state index contributed by atoms with van der Waals surface area (Å²) in [6.45, 7) is 3.71. The third-order valence-corrected chi connectivity index (χ3v) is 3.11. The lowest BCUT2D eigenvalue weighted by Gasteiger charge is -2.21. The van der Waals surface area contributed by atoms with Gasteiger partial charge in [0.05, 0.1) is 6.10 Å². The van der Waals surface area contributed by atoms with E-state index in [1.165, 1.54) is 0 Å². The second-order valence-corrected chi connectivity index (χ2v) is 4.38. The van der Waals surface area contributed by atoms with Gasteiger partial charge in [0.15, 0.2) is 0 Å². The molecule has 2 heterocycles. The van der Waals surface area contributed by atoms with Gasteiger partial charge < -0.3 is 15.1 Å². The lowest BCUT2D eigenvalue weighted by atomic mass is 10.1. The molecule has 2 rings (SSSR count). The maximum Gasteiger partial charge on any atom is 0.134 e. The molecule has 1 aliphatic rings. The van der Waals surface area contributed by atoms with Crippen LogP contribution in [-0.2, 0) is 0 Å². The molecule has 2 atom stereocenters. The summed E-state index contributed by atoms with van der Waals surface area (Å²) in [4.78, 5) is 6.48. The molecule has 0 aliphatic carbocycles. The van der Waals surface area contributed by atoms with E-state index in [1.807, 2.05) is 12.1 Å². The van der Waals surface area contributed by atoms with Gasteiger partial charge in [-0.25, -0.2) is 4.98 Å². The van der Waals surface area contributed by atoms with Gasteiger partial charge >= 0.3 is 0 Å². The van der Waals surface area contributed by atoms with Crippen LogP contribution in [0, 0.1) is 5.92 Å². The lowest BCUT2D eigenvalue weighted by molar-refractivity contribution is 0.199. The van der Waals surface area contributed by atoms with Crippen molar-refractivity contribution in [2.24, 2.45) is 5.92 Å². The zero-order valence-corrected chi connectivity index (χ0v) is 9.50. The summed E-state index contributed by atoms with van der Waals surface area (Å²) in [5, 5.41) is 18.8. The molecule has 0 spiro atoms. The predicted molar refractivity (Wildman–Crippen MR) is 62.3 cm³/mol. The molecule has 1 saturated heterocycles. The fraction of sp³-hybridized carbons (Fsp3) is 0.583. The molecule has 4 nitrogen and oxygen atoms in total. The van der Waals surface area contributed by atoms with Gasteiger partial charge in [0.25, 0.3) is 0 Å². The second-order valence-electron chi connectivity index (χ2n) is 4.38. The van der Waals surface area contributed by atoms with Gasteiger partial charge in [0.1, 0.15) is 5.82 Å². The second kappa shape index (κ2) is 4.80. The maximum absolute atomic E-state index is 9.67. The minimum atomic E-state index is -0.503. The van der Waals surface area contributed by atoms with Crippen LogP contribution in [0.4, 0.5) is 5.82 Å². The van der Waals surface area contributed by atoms with Crippen molar-refractivity contribution in [3.05, 3.63) is 23.9 Å². The molecular formula is C12H18N2O2. The topological polar surface area (TPSA) is 56.6 Å². The smallest absolute Gasteiger partial charge is 0.134 e. The van der Waals surface area contributed by atoms with Crippen LogP contribution in [0.2, 0.25) is 0 Å². The quantitative estimate of drug-likeness (QED) is 0.799. The molecule has 1 aliphatic heterocycles. The van der Waals surface area contributed by atoms with Crippen molar-refractivity contribution in [1.29, 1.82) is 0 Å². The highest BCUT2D eigenvalue weighted by Crippen LogP contribution is 2.28. The monoisotopic (exact) mass is 222 g/mol. The van der Waals surface area contributed by atoms with E-state index in [0.717, 1.165) is 30.9 Å². The van der Waals surface area contributed by atoms with Gasteiger partial charge in [-0.3, -0.25) is 0 Å². The van der Waals surface area contributed by atoms with E-state index in [9.17, 15) is 5.11 Å². The molecule has 4 heteroatoms. The van der Waals surface area contributed by atoms with Crippen LogP contribution < -0.4 is 4.90 Å². The van der Waals surface area contributed by atoms with Crippen molar-refractivity contribution in [3.63, 3.8) is 0 Å². The number of aliphatic hydroxyl groups excluding tert-OH is 2. The van der Waals surface area contributed by atoms with Crippen molar-refractivity contribution >= 4 is 5.82 Å². The molecular weight excluding hydrogens is 204 g/mol. The molecule has 0 aromatic carbocycles. The van der Waals surface area contributed by atoms with Gasteiger partial charge in [0.2, 0.25) is 0 Å². The number of hydrogen-bond acceptors (Lipinski definition) is 4. The minimum Gasteiger partial charge on any atom is -0.396 e. The van der Waals surface area contributed by atoms with E-state index >= 15 is 0 Å². The fourth-order valence-corrected chi connectivity index (χ4v) is 2.17. The summed E-state index contributed by atoms with van der Waals surface area (Å²) in [5.74, 6) is 1.19. The largest absolute Gasteiger partial charge is 0.396 e. The Morgan fingerprint density at radius 1 is 1.62 bits per heavy atom. The van der Waals surface area contributed by atoms with Gasteiger partial charge in [-0.15, -0.1) is 0 Å². The molecule has 0 amide bonds. The average Bonchev–Trinajstić information content (AvgIpc) is 2.77. The number of rotatable bonds is 3. The highest BCUT2D eigenvalue weighted by molar-refractivity contribution is 5.48. The Bertz CT molecular complexity index is 355. The lowest BCUT2D eigenvalue weighted by Crippen LogP contribution is -2.23. The molecule has 1 aromatic heterocycles. The number of nitrogens with zero attached hydrogens (tertiary/aromatic N) is 2. The van der Waals surface area contributed by atoms with Gasteiger partial charge in [-0.1, -0.05) is 6.07 Å². The first-order valence-corrected chi connectivity index (χ1v) is 5.71. The Kier molecular flexibility index (Phi) is 3.41. The van der Waals surface area contributed by atoms with Crippen molar-refractivity contribution in [1.82, 2.24) is 4.98 Å². The summed E-state index contributed by atoms with van der Waals surface area (Å²) < 4.78 is 0. The standard InChI is InChI=1S/C12H18N2O2/c1-9(16)11-3-2-5-13-12(11)14-6-4-10(7-14)8-15/h2-3,5,9-10,15-16H,4,6-8H2,1H3. The molecule has 0 radical (unpaired) electrons. The van der Waals surface area contributed by atoms with Crippen molar-refractivity contribution in [2.45, 2.75) is 19.4 Å². The SMILES string of the molecule is CC(O)c1cccnc1N1CCC(CO)C1. The Balaban J connectivity index is 2.20. The fourth-order valence-electron chi connectivity index (χ4n) is 2.17. The molecule has 0 bridgehead atoms. The minimum absolute atomic E-state index is 0.230. The third kappa shape index (κ3) is 2.18. The Hall–Kier alpha value is -1.13. The number of aliphatic hydroxyl groups is 2. The van der Waals surface area contributed by atoms with Crippen LogP contribution in [-0.4, -0.2) is 34.9 Å². The highest BCUT2D eigenvalue weighted by atomic mass is 16.3. The van der Waals surface area contributed by atoms with Crippen LogP contribution >= 0.6 is 0 Å². The van der Waals surface area contributed by atoms with E-state index in [1.54, 1.807) is 13.1 Å². The van der Waals surface area contributed by atoms with Gasteiger partial charge in [0, 0.05) is 37.4 Å². The number of aromatic nitrogens is 1. The van der Waals surface area contributed by atoms with Crippen LogP contribution in [0.5, 0.6) is 0 Å². The third-order valence-electron chi connectivity index (χ3n) is 3.11. The maximum atomic E-state index is 9.67. The first kappa shape index (κ1) is 11.4. The zero-order valence-electron chi connectivity index (χ0n) is 9.50. The summed E-state index contributed by atoms with van der Waals surface area (Å²) in [6, 6.07) is 3.74. The highest BCUT2D eigenvalue weighted by Gasteiger charge is 2.25. The van der Waals surface area contributed by atoms with Crippen molar-refractivity contribution < 1.29 is 10.2 Å². The number of anilines is 1. The zero-order chi connectivity index (χ0) is 11.5. The van der Waals surface area contributed by atoms with E-state index in [-0.39, 0.29) is 6.61 Å². The summed E-state index contributed by atoms with van der Waals surface area (Å²) >= 11 is 0. The summed E-state index contributed by atoms with van der Waals surface area (Å²) in [6.07, 6.45) is 2.23. The van der Waals surface area contributed by atoms with Gasteiger partial charge in [-0.05, 0) is 19.4 Å². The van der Waals surface area contributed by atoms with Crippen LogP contribution in [0.15, 0.2) is 18.3 Å². The molecule has 1 fully saturated rings. The van der Waals surface area contributed by atoms with Crippen LogP contribution in [0.25, 0.3) is 0 Å². The van der Waals surface area contributed by atoms with Crippen molar-refractivity contribution in [2.75, 3.05) is 24.6 Å². The summed E-state index contributed by atoms with van der Waals surface area (Å²) in [7, 11) is 0.